The zero-order valence-corrected chi connectivity index (χ0v) is 47.6. The molecule has 0 saturated heterocycles. The van der Waals surface area contributed by atoms with Crippen LogP contribution in [0.4, 0.5) is 34.4 Å². The van der Waals surface area contributed by atoms with Gasteiger partial charge >= 0.3 is 129 Å². The van der Waals surface area contributed by atoms with Gasteiger partial charge in [0.05, 0.1) is 49.0 Å². The fourth-order valence-electron chi connectivity index (χ4n) is 5.40. The Morgan fingerprint density at radius 2 is 1.33 bits per heavy atom. The zero-order valence-electron chi connectivity index (χ0n) is 34.8. The maximum Gasteiger partial charge on any atom is 1.00 e. The van der Waals surface area contributed by atoms with Gasteiger partial charge in [-0.1, -0.05) is 35.5 Å². The van der Waals surface area contributed by atoms with Gasteiger partial charge in [-0.3, -0.25) is 14.5 Å². The number of nitrogens with one attached hydrogen (secondary N) is 3. The van der Waals surface area contributed by atoms with Crippen molar-refractivity contribution in [2.75, 3.05) is 17.7 Å². The number of hydrogen-bond acceptors (Lipinski definition) is 21. The van der Waals surface area contributed by atoms with Crippen LogP contribution in [0.15, 0.2) is 131 Å². The van der Waals surface area contributed by atoms with E-state index < -0.39 is 117 Å². The van der Waals surface area contributed by atoms with Crippen LogP contribution in [0.3, 0.4) is 0 Å². The predicted octanol–water partition coefficient (Wildman–Crippen LogP) is -9.44. The molecule has 0 unspecified atom stereocenters. The number of fused-ring (bicyclic) bond motifs is 1. The van der Waals surface area contributed by atoms with Crippen molar-refractivity contribution >= 4 is 107 Å². The number of aromatic amines is 2. The number of H-pyrrole nitrogens is 2. The maximum absolute atomic E-state index is 14.1. The molecule has 332 valence electrons. The summed E-state index contributed by atoms with van der Waals surface area (Å²) in [6.45, 7) is -0.927. The van der Waals surface area contributed by atoms with Gasteiger partial charge in [0, 0.05) is 16.1 Å². The largest absolute Gasteiger partial charge is 1.00 e. The molecule has 0 fully saturated rings. The second-order valence-corrected chi connectivity index (χ2v) is 20.1. The Morgan fingerprint density at radius 1 is 0.687 bits per heavy atom. The van der Waals surface area contributed by atoms with E-state index in [0.29, 0.717) is 28.9 Å². The number of nitrogens with zero attached hydrogens (tertiary/aromatic N) is 5. The van der Waals surface area contributed by atoms with E-state index in [1.807, 2.05) is 0 Å². The monoisotopic (exact) mass is 1070 g/mol. The molecule has 0 amide bonds. The number of anilines is 2. The van der Waals surface area contributed by atoms with E-state index in [-0.39, 0.29) is 140 Å². The quantitative estimate of drug-likeness (QED) is 0.0447. The van der Waals surface area contributed by atoms with E-state index in [9.17, 15) is 60.9 Å². The predicted molar refractivity (Wildman–Crippen MR) is 212 cm³/mol. The third-order valence-electron chi connectivity index (χ3n) is 8.05. The van der Waals surface area contributed by atoms with Gasteiger partial charge in [0.15, 0.2) is 9.84 Å². The number of sulfone groups is 1. The molecule has 34 heteroatoms. The fraction of sp³-hybridized carbons (Fsp3) is 0.0606. The summed E-state index contributed by atoms with van der Waals surface area (Å²) in [7, 11) is -25.5. The Balaban J connectivity index is 0.00000385. The molecule has 0 saturated carbocycles. The molecule has 4 N–H and O–H groups in total. The van der Waals surface area contributed by atoms with E-state index in [2.05, 4.69) is 44.7 Å². The number of halogens is 1. The van der Waals surface area contributed by atoms with E-state index >= 15 is 0 Å². The Hall–Kier alpha value is -1.99. The molecule has 67 heavy (non-hydrogen) atoms. The average Bonchev–Trinajstić information content (AvgIpc) is 3.16. The number of rotatable bonds is 14. The molecule has 6 aromatic rings. The van der Waals surface area contributed by atoms with E-state index in [1.54, 1.807) is 0 Å². The maximum atomic E-state index is 14.1. The summed E-state index contributed by atoms with van der Waals surface area (Å²) in [4.78, 5) is 14.4. The van der Waals surface area contributed by atoms with Crippen LogP contribution in [0.5, 0.6) is 5.75 Å². The van der Waals surface area contributed by atoms with Crippen LogP contribution in [-0.4, -0.2) is 87.6 Å². The van der Waals surface area contributed by atoms with E-state index in [0.717, 1.165) is 30.3 Å². The summed E-state index contributed by atoms with van der Waals surface area (Å²) in [6, 6.07) is 16.7. The van der Waals surface area contributed by atoms with Crippen molar-refractivity contribution in [1.82, 2.24) is 15.0 Å². The summed E-state index contributed by atoms with van der Waals surface area (Å²) < 4.78 is 170. The molecule has 0 aliphatic heterocycles. The van der Waals surface area contributed by atoms with Crippen LogP contribution in [0.2, 0.25) is 5.02 Å². The average molecular weight is 1080 g/mol. The molecule has 0 aliphatic rings. The normalized spacial score (nSPS) is 12.7. The van der Waals surface area contributed by atoms with Gasteiger partial charge in [-0.2, -0.15) is 13.4 Å². The Labute approximate surface area is 474 Å². The van der Waals surface area contributed by atoms with Gasteiger partial charge in [-0.15, -0.1) is 10.2 Å². The van der Waals surface area contributed by atoms with Crippen molar-refractivity contribution in [2.24, 2.45) is 20.2 Å². The standard InChI is InChI=1S/C33H27ClN8O16S5.4Na/c34-19-8-10-20(11-9-19)35-31-38-32(36-21-4-3-5-22(16-21)59(44,45)13-12-58-63(55,56)57)40-33(39-31)37-25-17-23(60(46,47)48)14-18-15-27(62(52,53)54)29(30(43)28(18)25)42-41-24-6-1-2-7-26(24)61(49,50)51;;;;/h1-11,14-17,43H,12-13H2,(H,46,47,48)(H,49,50,51)(H,52,53,54)(H,55,56,57)(H3,35,36,37,38,39,40);;;;/q;4*+1/p-4. The van der Waals surface area contributed by atoms with Crippen LogP contribution in [-0.2, 0) is 54.8 Å². The number of benzene rings is 5. The summed E-state index contributed by atoms with van der Waals surface area (Å²) in [5, 5.41) is 23.1. The van der Waals surface area contributed by atoms with Gasteiger partial charge in [-0.05, 0) is 78.2 Å². The number of aromatic nitrogens is 3. The SMILES string of the molecule is O=S(=O)(O)OCCS(=O)(=O)c1cccc(N=c2nc(Nc3ccc(Cl)cc3)[nH]c(=Nc3cc(S(=O)(=O)[O-])cc4cc(S(=O)(=O)[O-])c(N=Nc5ccccc5S(=O)(=O)[O-])c([O-])c34)[nH]2)c1.[Na+].[Na+].[Na+].[Na+]. The molecule has 24 nitrogen and oxygen atoms in total. The molecule has 1 aromatic heterocycles. The first-order chi connectivity index (χ1) is 29.3. The van der Waals surface area contributed by atoms with Gasteiger partial charge in [0.2, 0.25) is 17.2 Å². The van der Waals surface area contributed by atoms with Crippen LogP contribution in [0.1, 0.15) is 0 Å². The number of azo groups is 1. The Kier molecular flexibility index (Phi) is 22.3. The second kappa shape index (κ2) is 24.4. The number of hydrogen-bond donors (Lipinski definition) is 4. The zero-order chi connectivity index (χ0) is 46.1. The molecular formula is C33H23ClN8Na4O16S5. The minimum Gasteiger partial charge on any atom is -0.870 e. The fourth-order valence-corrected chi connectivity index (χ4v) is 8.83. The van der Waals surface area contributed by atoms with Gasteiger partial charge < -0.3 is 24.1 Å². The molecule has 0 spiro atoms. The molecule has 0 bridgehead atoms. The van der Waals surface area contributed by atoms with E-state index in [4.69, 9.17) is 16.2 Å². The minimum absolute atomic E-state index is 0. The molecule has 5 aromatic carbocycles. The Bertz CT molecular complexity index is 3590. The molecular weight excluding hydrogens is 1050 g/mol. The minimum atomic E-state index is -5.68. The first kappa shape index (κ1) is 61.1. The first-order valence-electron chi connectivity index (χ1n) is 16.7. The van der Waals surface area contributed by atoms with E-state index in [1.165, 1.54) is 42.5 Å². The molecule has 0 aliphatic carbocycles. The van der Waals surface area contributed by atoms with Crippen molar-refractivity contribution in [3.63, 3.8) is 0 Å². The van der Waals surface area contributed by atoms with Gasteiger partial charge in [0.1, 0.15) is 36.0 Å². The molecule has 6 rings (SSSR count). The van der Waals surface area contributed by atoms with Crippen molar-refractivity contribution in [2.45, 2.75) is 19.6 Å². The third kappa shape index (κ3) is 16.5. The van der Waals surface area contributed by atoms with Crippen LogP contribution >= 0.6 is 11.6 Å². The smallest absolute Gasteiger partial charge is 0.870 e. The first-order valence-corrected chi connectivity index (χ1v) is 24.4. The van der Waals surface area contributed by atoms with Crippen molar-refractivity contribution in [3.05, 3.63) is 107 Å². The van der Waals surface area contributed by atoms with Crippen LogP contribution in [0, 0.1) is 0 Å². The summed E-state index contributed by atoms with van der Waals surface area (Å²) in [5.74, 6) is -2.53. The molecule has 0 atom stereocenters. The summed E-state index contributed by atoms with van der Waals surface area (Å²) in [5.41, 5.74) is -3.16. The van der Waals surface area contributed by atoms with Crippen LogP contribution in [0.25, 0.3) is 10.8 Å². The topological polar surface area (TPSA) is 398 Å². The summed E-state index contributed by atoms with van der Waals surface area (Å²) in [6.07, 6.45) is 0. The van der Waals surface area contributed by atoms with Gasteiger partial charge in [-0.25, -0.2) is 47.8 Å². The Morgan fingerprint density at radius 3 is 1.94 bits per heavy atom. The van der Waals surface area contributed by atoms with Crippen molar-refractivity contribution in [1.29, 1.82) is 0 Å². The molecule has 1 heterocycles. The summed E-state index contributed by atoms with van der Waals surface area (Å²) >= 11 is 6.00. The van der Waals surface area contributed by atoms with Crippen LogP contribution < -0.4 is 140 Å². The molecule has 0 radical (unpaired) electrons. The van der Waals surface area contributed by atoms with Crippen molar-refractivity contribution < 1.29 is 188 Å². The second-order valence-electron chi connectivity index (χ2n) is 12.4. The van der Waals surface area contributed by atoms with Gasteiger partial charge in [0.25, 0.3) is 0 Å². The van der Waals surface area contributed by atoms with Crippen molar-refractivity contribution in [3.8, 4) is 5.75 Å². The third-order valence-corrected chi connectivity index (χ3v) is 13.0.